The number of hydrogen-bond donors (Lipinski definition) is 2. The van der Waals surface area contributed by atoms with Gasteiger partial charge in [0.05, 0.1) is 6.61 Å². The van der Waals surface area contributed by atoms with Gasteiger partial charge in [0, 0.05) is 7.11 Å². The van der Waals surface area contributed by atoms with Crippen LogP contribution in [0.25, 0.3) is 11.1 Å². The van der Waals surface area contributed by atoms with Crippen LogP contribution in [-0.4, -0.2) is 46.8 Å². The van der Waals surface area contributed by atoms with Gasteiger partial charge in [-0.2, -0.15) is 0 Å². The summed E-state index contributed by atoms with van der Waals surface area (Å²) in [5.41, 5.74) is 1.81. The third-order valence-electron chi connectivity index (χ3n) is 3.54. The number of rotatable bonds is 8. The number of carboxylic acids is 1. The van der Waals surface area contributed by atoms with Crippen LogP contribution < -0.4 is 9.47 Å². The molecule has 1 heterocycles. The Hall–Kier alpha value is -3.39. The van der Waals surface area contributed by atoms with Crippen LogP contribution in [0.4, 0.5) is 0 Å². The molecular weight excluding hydrogens is 338 g/mol. The van der Waals surface area contributed by atoms with Crippen LogP contribution in [0.5, 0.6) is 17.4 Å². The van der Waals surface area contributed by atoms with E-state index in [1.807, 2.05) is 36.4 Å². The van der Waals surface area contributed by atoms with Gasteiger partial charge in [0.15, 0.2) is 0 Å². The van der Waals surface area contributed by atoms with Crippen molar-refractivity contribution >= 4 is 5.97 Å². The van der Waals surface area contributed by atoms with Crippen molar-refractivity contribution in [1.82, 2.24) is 15.4 Å². The van der Waals surface area contributed by atoms with E-state index in [4.69, 9.17) is 19.3 Å². The molecule has 0 aliphatic carbocycles. The minimum Gasteiger partial charge on any atom is -0.491 e. The molecule has 0 unspecified atom stereocenters. The predicted molar refractivity (Wildman–Crippen MR) is 92.7 cm³/mol. The highest BCUT2D eigenvalue weighted by Crippen LogP contribution is 2.27. The van der Waals surface area contributed by atoms with Crippen LogP contribution in [0.2, 0.25) is 0 Å². The van der Waals surface area contributed by atoms with Gasteiger partial charge in [0.25, 0.3) is 5.88 Å². The normalized spacial score (nSPS) is 10.5. The number of benzene rings is 2. The quantitative estimate of drug-likeness (QED) is 0.598. The zero-order valence-corrected chi connectivity index (χ0v) is 14.0. The molecule has 0 bridgehead atoms. The van der Waals surface area contributed by atoms with Gasteiger partial charge in [-0.1, -0.05) is 34.6 Å². The Bertz CT molecular complexity index is 859. The van der Waals surface area contributed by atoms with Crippen LogP contribution in [0.3, 0.4) is 0 Å². The predicted octanol–water partition coefficient (Wildman–Crippen LogP) is 2.99. The molecule has 0 fully saturated rings. The van der Waals surface area contributed by atoms with Crippen LogP contribution in [0.1, 0.15) is 10.5 Å². The Labute approximate surface area is 149 Å². The second kappa shape index (κ2) is 8.13. The molecule has 3 rings (SSSR count). The number of aromatic carboxylic acids is 1. The Balaban J connectivity index is 1.67. The number of carbonyl (C=O) groups is 1. The third-order valence-corrected chi connectivity index (χ3v) is 3.54. The van der Waals surface area contributed by atoms with Crippen molar-refractivity contribution in [1.29, 1.82) is 0 Å². The summed E-state index contributed by atoms with van der Waals surface area (Å²) in [7, 11) is 1.63. The van der Waals surface area contributed by atoms with Crippen molar-refractivity contribution in [3.63, 3.8) is 0 Å². The molecule has 0 spiro atoms. The number of carboxylic acid groups (broad SMARTS) is 1. The number of methoxy groups -OCH3 is 1. The molecule has 1 aromatic heterocycles. The Morgan fingerprint density at radius 1 is 1.00 bits per heavy atom. The first-order valence-corrected chi connectivity index (χ1v) is 7.82. The Kier molecular flexibility index (Phi) is 5.45. The summed E-state index contributed by atoms with van der Waals surface area (Å²) in [6.45, 7) is 1.04. The smallest absolute Gasteiger partial charge is 0.359 e. The molecule has 8 nitrogen and oxygen atoms in total. The SMILES string of the molecule is COCCOc1ccc(-c2ccc(Oc3nn[nH]c3C(=O)O)cc2)cc1. The first-order chi connectivity index (χ1) is 12.7. The lowest BCUT2D eigenvalue weighted by Gasteiger charge is -2.08. The fourth-order valence-corrected chi connectivity index (χ4v) is 2.24. The molecule has 0 saturated heterocycles. The van der Waals surface area contributed by atoms with E-state index in [2.05, 4.69) is 15.4 Å². The van der Waals surface area contributed by atoms with E-state index in [1.54, 1.807) is 19.2 Å². The molecule has 2 N–H and O–H groups in total. The number of aromatic nitrogens is 3. The van der Waals surface area contributed by atoms with E-state index in [0.29, 0.717) is 19.0 Å². The standard InChI is InChI=1S/C18H17N3O5/c1-24-10-11-25-14-6-2-12(3-7-14)13-4-8-15(9-5-13)26-17-16(18(22)23)19-21-20-17/h2-9H,10-11H2,1H3,(H,22,23)(H,19,20,21). The number of ether oxygens (including phenoxy) is 3. The van der Waals surface area contributed by atoms with Gasteiger partial charge in [-0.15, -0.1) is 0 Å². The van der Waals surface area contributed by atoms with Gasteiger partial charge >= 0.3 is 5.97 Å². The second-order valence-corrected chi connectivity index (χ2v) is 5.29. The van der Waals surface area contributed by atoms with E-state index in [9.17, 15) is 4.79 Å². The van der Waals surface area contributed by atoms with Crippen molar-refractivity contribution in [3.8, 4) is 28.5 Å². The Morgan fingerprint density at radius 3 is 2.19 bits per heavy atom. The molecule has 0 saturated carbocycles. The first kappa shape index (κ1) is 17.4. The van der Waals surface area contributed by atoms with E-state index < -0.39 is 5.97 Å². The number of nitrogens with one attached hydrogen (secondary N) is 1. The highest BCUT2D eigenvalue weighted by atomic mass is 16.5. The highest BCUT2D eigenvalue weighted by Gasteiger charge is 2.16. The van der Waals surface area contributed by atoms with E-state index in [1.165, 1.54) is 0 Å². The summed E-state index contributed by atoms with van der Waals surface area (Å²) in [5, 5.41) is 18.3. The molecule has 0 radical (unpaired) electrons. The zero-order chi connectivity index (χ0) is 18.4. The summed E-state index contributed by atoms with van der Waals surface area (Å²) in [6, 6.07) is 14.9. The fourth-order valence-electron chi connectivity index (χ4n) is 2.24. The van der Waals surface area contributed by atoms with Crippen molar-refractivity contribution in [2.24, 2.45) is 0 Å². The molecule has 3 aromatic rings. The lowest BCUT2D eigenvalue weighted by Crippen LogP contribution is -2.03. The molecule has 8 heteroatoms. The summed E-state index contributed by atoms with van der Waals surface area (Å²) < 4.78 is 15.9. The second-order valence-electron chi connectivity index (χ2n) is 5.29. The lowest BCUT2D eigenvalue weighted by molar-refractivity contribution is 0.0687. The van der Waals surface area contributed by atoms with Gasteiger partial charge in [0.1, 0.15) is 18.1 Å². The summed E-state index contributed by atoms with van der Waals surface area (Å²) >= 11 is 0. The summed E-state index contributed by atoms with van der Waals surface area (Å²) in [4.78, 5) is 11.0. The van der Waals surface area contributed by atoms with E-state index >= 15 is 0 Å². The van der Waals surface area contributed by atoms with Crippen LogP contribution >= 0.6 is 0 Å². The average Bonchev–Trinajstić information content (AvgIpc) is 3.12. The third kappa shape index (κ3) is 4.17. The monoisotopic (exact) mass is 355 g/mol. The molecule has 0 aliphatic rings. The highest BCUT2D eigenvalue weighted by molar-refractivity contribution is 5.87. The molecule has 26 heavy (non-hydrogen) atoms. The number of H-pyrrole nitrogens is 1. The topological polar surface area (TPSA) is 107 Å². The van der Waals surface area contributed by atoms with Crippen LogP contribution in [0, 0.1) is 0 Å². The minimum absolute atomic E-state index is 0.0807. The van der Waals surface area contributed by atoms with E-state index in [0.717, 1.165) is 16.9 Å². The number of hydrogen-bond acceptors (Lipinski definition) is 6. The first-order valence-electron chi connectivity index (χ1n) is 7.82. The minimum atomic E-state index is -1.19. The maximum atomic E-state index is 11.0. The van der Waals surface area contributed by atoms with Gasteiger partial charge in [-0.25, -0.2) is 9.89 Å². The molecular formula is C18H17N3O5. The van der Waals surface area contributed by atoms with Gasteiger partial charge < -0.3 is 19.3 Å². The maximum absolute atomic E-state index is 11.0. The average molecular weight is 355 g/mol. The fraction of sp³-hybridized carbons (Fsp3) is 0.167. The van der Waals surface area contributed by atoms with Crippen molar-refractivity contribution in [3.05, 3.63) is 54.2 Å². The summed E-state index contributed by atoms with van der Waals surface area (Å²) in [6.07, 6.45) is 0. The number of aromatic amines is 1. The molecule has 0 atom stereocenters. The van der Waals surface area contributed by atoms with Crippen molar-refractivity contribution in [2.75, 3.05) is 20.3 Å². The van der Waals surface area contributed by atoms with Gasteiger partial charge in [-0.05, 0) is 35.4 Å². The molecule has 0 amide bonds. The largest absolute Gasteiger partial charge is 0.491 e. The maximum Gasteiger partial charge on any atom is 0.359 e. The summed E-state index contributed by atoms with van der Waals surface area (Å²) in [5.74, 6) is -0.0279. The van der Waals surface area contributed by atoms with E-state index in [-0.39, 0.29) is 11.6 Å². The van der Waals surface area contributed by atoms with Gasteiger partial charge in [0.2, 0.25) is 5.69 Å². The van der Waals surface area contributed by atoms with Crippen molar-refractivity contribution < 1.29 is 24.1 Å². The zero-order valence-electron chi connectivity index (χ0n) is 14.0. The molecule has 2 aromatic carbocycles. The Morgan fingerprint density at radius 2 is 1.62 bits per heavy atom. The van der Waals surface area contributed by atoms with Crippen molar-refractivity contribution in [2.45, 2.75) is 0 Å². The van der Waals surface area contributed by atoms with Crippen LogP contribution in [0.15, 0.2) is 48.5 Å². The number of nitrogens with zero attached hydrogens (tertiary/aromatic N) is 2. The molecule has 0 aliphatic heterocycles. The van der Waals surface area contributed by atoms with Gasteiger partial charge in [-0.3, -0.25) is 0 Å². The lowest BCUT2D eigenvalue weighted by atomic mass is 10.1. The molecule has 134 valence electrons. The van der Waals surface area contributed by atoms with Crippen LogP contribution in [-0.2, 0) is 4.74 Å².